The number of likely N-dealkylation sites (tertiary alicyclic amines) is 1. The number of aryl methyl sites for hydroxylation is 1. The van der Waals surface area contributed by atoms with Crippen molar-refractivity contribution < 1.29 is 9.59 Å². The Morgan fingerprint density at radius 1 is 1.21 bits per heavy atom. The van der Waals surface area contributed by atoms with Crippen LogP contribution in [0.3, 0.4) is 0 Å². The SMILES string of the molecule is Cc1csc(-c2ccc(C(=O)N(C)CC(=O)N3CCCC3)cc2)n1. The van der Waals surface area contributed by atoms with E-state index in [1.807, 2.05) is 29.3 Å². The summed E-state index contributed by atoms with van der Waals surface area (Å²) in [5, 5.41) is 2.95. The van der Waals surface area contributed by atoms with Crippen LogP contribution in [-0.4, -0.2) is 53.3 Å². The molecule has 1 saturated heterocycles. The largest absolute Gasteiger partial charge is 0.341 e. The molecule has 5 nitrogen and oxygen atoms in total. The zero-order chi connectivity index (χ0) is 17.1. The van der Waals surface area contributed by atoms with Crippen LogP contribution in [0.25, 0.3) is 10.6 Å². The molecule has 2 amide bonds. The molecular weight excluding hydrogens is 322 g/mol. The first-order valence-electron chi connectivity index (χ1n) is 8.10. The summed E-state index contributed by atoms with van der Waals surface area (Å²) >= 11 is 1.59. The van der Waals surface area contributed by atoms with Crippen molar-refractivity contribution >= 4 is 23.2 Å². The minimum atomic E-state index is -0.135. The molecule has 0 radical (unpaired) electrons. The summed E-state index contributed by atoms with van der Waals surface area (Å²) in [6.45, 7) is 3.71. The van der Waals surface area contributed by atoms with Crippen molar-refractivity contribution in [3.05, 3.63) is 40.9 Å². The van der Waals surface area contributed by atoms with Crippen LogP contribution >= 0.6 is 11.3 Å². The number of likely N-dealkylation sites (N-methyl/N-ethyl adjacent to an activating group) is 1. The highest BCUT2D eigenvalue weighted by atomic mass is 32.1. The van der Waals surface area contributed by atoms with E-state index >= 15 is 0 Å². The van der Waals surface area contributed by atoms with E-state index in [0.717, 1.165) is 42.2 Å². The second-order valence-corrected chi connectivity index (χ2v) is 6.98. The Hall–Kier alpha value is -2.21. The molecule has 1 aliphatic rings. The fraction of sp³-hybridized carbons (Fsp3) is 0.389. The number of amides is 2. The van der Waals surface area contributed by atoms with E-state index in [-0.39, 0.29) is 18.4 Å². The van der Waals surface area contributed by atoms with Gasteiger partial charge in [0.1, 0.15) is 5.01 Å². The van der Waals surface area contributed by atoms with Crippen LogP contribution in [0.5, 0.6) is 0 Å². The second kappa shape index (κ2) is 7.13. The van der Waals surface area contributed by atoms with Crippen LogP contribution < -0.4 is 0 Å². The molecular formula is C18H21N3O2S. The molecule has 0 bridgehead atoms. The van der Waals surface area contributed by atoms with Gasteiger partial charge in [-0.05, 0) is 31.9 Å². The van der Waals surface area contributed by atoms with Gasteiger partial charge in [-0.1, -0.05) is 12.1 Å². The number of aromatic nitrogens is 1. The van der Waals surface area contributed by atoms with Gasteiger partial charge in [0.15, 0.2) is 0 Å². The molecule has 1 aromatic carbocycles. The number of nitrogens with zero attached hydrogens (tertiary/aromatic N) is 3. The molecule has 0 atom stereocenters. The van der Waals surface area contributed by atoms with Crippen LogP contribution in [0.15, 0.2) is 29.6 Å². The smallest absolute Gasteiger partial charge is 0.254 e. The van der Waals surface area contributed by atoms with Crippen LogP contribution in [0.2, 0.25) is 0 Å². The van der Waals surface area contributed by atoms with Crippen molar-refractivity contribution in [3.8, 4) is 10.6 Å². The number of carbonyl (C=O) groups excluding carboxylic acids is 2. The number of benzene rings is 1. The lowest BCUT2D eigenvalue weighted by atomic mass is 10.1. The first kappa shape index (κ1) is 16.6. The summed E-state index contributed by atoms with van der Waals surface area (Å²) in [6, 6.07) is 7.40. The highest BCUT2D eigenvalue weighted by molar-refractivity contribution is 7.13. The Labute approximate surface area is 145 Å². The van der Waals surface area contributed by atoms with Gasteiger partial charge in [-0.25, -0.2) is 4.98 Å². The van der Waals surface area contributed by atoms with Crippen molar-refractivity contribution in [3.63, 3.8) is 0 Å². The Morgan fingerprint density at radius 3 is 2.46 bits per heavy atom. The molecule has 0 spiro atoms. The normalized spacial score (nSPS) is 14.0. The minimum Gasteiger partial charge on any atom is -0.341 e. The molecule has 0 N–H and O–H groups in total. The van der Waals surface area contributed by atoms with Crippen LogP contribution in [0.4, 0.5) is 0 Å². The zero-order valence-corrected chi connectivity index (χ0v) is 14.8. The Bertz CT molecular complexity index is 733. The standard InChI is InChI=1S/C18H21N3O2S/c1-13-12-24-17(19-13)14-5-7-15(8-6-14)18(23)20(2)11-16(22)21-9-3-4-10-21/h5-8,12H,3-4,9-11H2,1-2H3. The third kappa shape index (κ3) is 3.64. The molecule has 3 rings (SSSR count). The highest BCUT2D eigenvalue weighted by Crippen LogP contribution is 2.24. The van der Waals surface area contributed by atoms with E-state index in [2.05, 4.69) is 4.98 Å². The summed E-state index contributed by atoms with van der Waals surface area (Å²) in [5.41, 5.74) is 2.58. The number of hydrogen-bond acceptors (Lipinski definition) is 4. The predicted octanol–water partition coefficient (Wildman–Crippen LogP) is 2.81. The maximum absolute atomic E-state index is 12.5. The van der Waals surface area contributed by atoms with Gasteiger partial charge in [-0.3, -0.25) is 9.59 Å². The molecule has 2 aromatic rings. The number of rotatable bonds is 4. The molecule has 0 aliphatic carbocycles. The highest BCUT2D eigenvalue weighted by Gasteiger charge is 2.21. The molecule has 1 aliphatic heterocycles. The molecule has 24 heavy (non-hydrogen) atoms. The fourth-order valence-electron chi connectivity index (χ4n) is 2.80. The van der Waals surface area contributed by atoms with Gasteiger partial charge < -0.3 is 9.80 Å². The van der Waals surface area contributed by atoms with Crippen molar-refractivity contribution in [2.75, 3.05) is 26.7 Å². The summed E-state index contributed by atoms with van der Waals surface area (Å²) in [6.07, 6.45) is 2.11. The molecule has 1 aromatic heterocycles. The molecule has 0 unspecified atom stereocenters. The number of carbonyl (C=O) groups is 2. The Morgan fingerprint density at radius 2 is 1.88 bits per heavy atom. The van der Waals surface area contributed by atoms with E-state index in [0.29, 0.717) is 5.56 Å². The monoisotopic (exact) mass is 343 g/mol. The minimum absolute atomic E-state index is 0.0261. The van der Waals surface area contributed by atoms with E-state index in [1.165, 1.54) is 4.90 Å². The average molecular weight is 343 g/mol. The Balaban J connectivity index is 1.64. The average Bonchev–Trinajstić information content (AvgIpc) is 3.26. The van der Waals surface area contributed by atoms with Crippen molar-refractivity contribution in [2.24, 2.45) is 0 Å². The molecule has 1 fully saturated rings. The number of thiazole rings is 1. The molecule has 126 valence electrons. The van der Waals surface area contributed by atoms with Crippen molar-refractivity contribution in [1.82, 2.24) is 14.8 Å². The predicted molar refractivity (Wildman–Crippen MR) is 95.1 cm³/mol. The van der Waals surface area contributed by atoms with Crippen LogP contribution in [-0.2, 0) is 4.79 Å². The van der Waals surface area contributed by atoms with Crippen molar-refractivity contribution in [1.29, 1.82) is 0 Å². The summed E-state index contributed by atoms with van der Waals surface area (Å²) < 4.78 is 0. The quantitative estimate of drug-likeness (QED) is 0.858. The third-order valence-corrected chi connectivity index (χ3v) is 5.18. The third-order valence-electron chi connectivity index (χ3n) is 4.18. The molecule has 2 heterocycles. The topological polar surface area (TPSA) is 53.5 Å². The zero-order valence-electron chi connectivity index (χ0n) is 14.0. The van der Waals surface area contributed by atoms with E-state index in [1.54, 1.807) is 30.5 Å². The van der Waals surface area contributed by atoms with Gasteiger partial charge in [-0.15, -0.1) is 11.3 Å². The first-order valence-corrected chi connectivity index (χ1v) is 8.98. The molecule has 0 saturated carbocycles. The van der Waals surface area contributed by atoms with Crippen LogP contribution in [0, 0.1) is 6.92 Å². The van der Waals surface area contributed by atoms with Gasteiger partial charge in [0.05, 0.1) is 6.54 Å². The van der Waals surface area contributed by atoms with E-state index in [9.17, 15) is 9.59 Å². The van der Waals surface area contributed by atoms with E-state index < -0.39 is 0 Å². The second-order valence-electron chi connectivity index (χ2n) is 6.12. The van der Waals surface area contributed by atoms with Crippen molar-refractivity contribution in [2.45, 2.75) is 19.8 Å². The maximum atomic E-state index is 12.5. The summed E-state index contributed by atoms with van der Waals surface area (Å²) in [4.78, 5) is 32.4. The van der Waals surface area contributed by atoms with Gasteiger partial charge in [0.25, 0.3) is 5.91 Å². The molecule has 6 heteroatoms. The van der Waals surface area contributed by atoms with E-state index in [4.69, 9.17) is 0 Å². The first-order chi connectivity index (χ1) is 11.5. The van der Waals surface area contributed by atoms with Crippen LogP contribution in [0.1, 0.15) is 28.9 Å². The summed E-state index contributed by atoms with van der Waals surface area (Å²) in [5.74, 6) is -0.109. The lowest BCUT2D eigenvalue weighted by molar-refractivity contribution is -0.130. The van der Waals surface area contributed by atoms with Gasteiger partial charge in [0, 0.05) is 42.3 Å². The van der Waals surface area contributed by atoms with Gasteiger partial charge >= 0.3 is 0 Å². The number of hydrogen-bond donors (Lipinski definition) is 0. The lowest BCUT2D eigenvalue weighted by Crippen LogP contribution is -2.39. The van der Waals surface area contributed by atoms with Gasteiger partial charge in [0.2, 0.25) is 5.91 Å². The fourth-order valence-corrected chi connectivity index (χ4v) is 3.61. The van der Waals surface area contributed by atoms with Gasteiger partial charge in [-0.2, -0.15) is 0 Å². The lowest BCUT2D eigenvalue weighted by Gasteiger charge is -2.21. The Kier molecular flexibility index (Phi) is 4.94. The summed E-state index contributed by atoms with van der Waals surface area (Å²) in [7, 11) is 1.68. The maximum Gasteiger partial charge on any atom is 0.254 e.